The average Bonchev–Trinajstić information content (AvgIpc) is 2.72. The second-order valence-corrected chi connectivity index (χ2v) is 5.85. The predicted octanol–water partition coefficient (Wildman–Crippen LogP) is 1.49. The molecule has 1 saturated heterocycles. The van der Waals surface area contributed by atoms with E-state index in [1.807, 2.05) is 17.0 Å². The number of rotatable bonds is 5. The number of aliphatic hydroxyl groups excluding tert-OH is 2. The Hall–Kier alpha value is -0.620. The third-order valence-electron chi connectivity index (χ3n) is 3.40. The third-order valence-corrected chi connectivity index (χ3v) is 4.14. The van der Waals surface area contributed by atoms with Crippen LogP contribution < -0.4 is 10.2 Å². The summed E-state index contributed by atoms with van der Waals surface area (Å²) in [5.41, 5.74) is 2.25. The molecule has 1 aromatic carbocycles. The molecule has 2 atom stereocenters. The van der Waals surface area contributed by atoms with Crippen LogP contribution in [0.25, 0.3) is 0 Å². The SMILES string of the molecule is CCCNCc1ccc(N2CC(O)C(O)C2)cc1Br. The Morgan fingerprint density at radius 3 is 2.58 bits per heavy atom. The second kappa shape index (κ2) is 6.70. The molecular weight excluding hydrogens is 308 g/mol. The second-order valence-electron chi connectivity index (χ2n) is 4.99. The maximum atomic E-state index is 9.58. The van der Waals surface area contributed by atoms with Gasteiger partial charge in [-0.3, -0.25) is 0 Å². The Labute approximate surface area is 122 Å². The Bertz CT molecular complexity index is 418. The van der Waals surface area contributed by atoms with E-state index in [-0.39, 0.29) is 0 Å². The van der Waals surface area contributed by atoms with Gasteiger partial charge in [-0.05, 0) is 30.7 Å². The van der Waals surface area contributed by atoms with E-state index in [1.54, 1.807) is 0 Å². The monoisotopic (exact) mass is 328 g/mol. The first-order valence-electron chi connectivity index (χ1n) is 6.72. The topological polar surface area (TPSA) is 55.7 Å². The molecule has 2 unspecified atom stereocenters. The minimum absolute atomic E-state index is 0.487. The van der Waals surface area contributed by atoms with Crippen LogP contribution >= 0.6 is 15.9 Å². The van der Waals surface area contributed by atoms with E-state index in [2.05, 4.69) is 34.2 Å². The Kier molecular flexibility index (Phi) is 5.21. The Morgan fingerprint density at radius 2 is 2.00 bits per heavy atom. The van der Waals surface area contributed by atoms with Crippen LogP contribution in [-0.4, -0.2) is 42.1 Å². The van der Waals surface area contributed by atoms with Crippen LogP contribution in [0.4, 0.5) is 5.69 Å². The van der Waals surface area contributed by atoms with E-state index in [0.29, 0.717) is 13.1 Å². The van der Waals surface area contributed by atoms with Crippen molar-refractivity contribution in [1.29, 1.82) is 0 Å². The lowest BCUT2D eigenvalue weighted by Gasteiger charge is -2.19. The standard InChI is InChI=1S/C14H21BrN2O2/c1-2-5-16-7-10-3-4-11(6-12(10)15)17-8-13(18)14(19)9-17/h3-4,6,13-14,16,18-19H,2,5,7-9H2,1H3. The van der Waals surface area contributed by atoms with Gasteiger partial charge in [0.2, 0.25) is 0 Å². The molecule has 0 bridgehead atoms. The predicted molar refractivity (Wildman–Crippen MR) is 80.4 cm³/mol. The molecule has 5 heteroatoms. The van der Waals surface area contributed by atoms with Crippen molar-refractivity contribution in [3.63, 3.8) is 0 Å². The summed E-state index contributed by atoms with van der Waals surface area (Å²) in [6.07, 6.45) is -0.173. The highest BCUT2D eigenvalue weighted by Crippen LogP contribution is 2.27. The molecule has 2 rings (SSSR count). The fraction of sp³-hybridized carbons (Fsp3) is 0.571. The number of benzene rings is 1. The van der Waals surface area contributed by atoms with Gasteiger partial charge in [0.05, 0.1) is 12.2 Å². The van der Waals surface area contributed by atoms with Crippen LogP contribution in [0.2, 0.25) is 0 Å². The molecule has 0 aliphatic carbocycles. The fourth-order valence-corrected chi connectivity index (χ4v) is 2.76. The summed E-state index contributed by atoms with van der Waals surface area (Å²) in [6, 6.07) is 6.17. The van der Waals surface area contributed by atoms with Gasteiger partial charge in [-0.2, -0.15) is 0 Å². The highest BCUT2D eigenvalue weighted by atomic mass is 79.9. The van der Waals surface area contributed by atoms with Crippen molar-refractivity contribution in [3.8, 4) is 0 Å². The van der Waals surface area contributed by atoms with Crippen molar-refractivity contribution in [3.05, 3.63) is 28.2 Å². The third kappa shape index (κ3) is 3.69. The number of hydrogen-bond donors (Lipinski definition) is 3. The van der Waals surface area contributed by atoms with Gasteiger partial charge in [-0.15, -0.1) is 0 Å². The molecule has 1 heterocycles. The molecule has 106 valence electrons. The highest BCUT2D eigenvalue weighted by molar-refractivity contribution is 9.10. The molecule has 3 N–H and O–H groups in total. The van der Waals surface area contributed by atoms with Crippen molar-refractivity contribution < 1.29 is 10.2 Å². The number of hydrogen-bond acceptors (Lipinski definition) is 4. The lowest BCUT2D eigenvalue weighted by atomic mass is 10.2. The fourth-order valence-electron chi connectivity index (χ4n) is 2.26. The van der Waals surface area contributed by atoms with Gasteiger partial charge in [0.15, 0.2) is 0 Å². The highest BCUT2D eigenvalue weighted by Gasteiger charge is 2.29. The van der Waals surface area contributed by atoms with Gasteiger partial charge < -0.3 is 20.4 Å². The summed E-state index contributed by atoms with van der Waals surface area (Å²) in [7, 11) is 0. The number of aliphatic hydroxyl groups is 2. The first-order chi connectivity index (χ1) is 9.11. The van der Waals surface area contributed by atoms with Crippen molar-refractivity contribution in [2.45, 2.75) is 32.1 Å². The number of nitrogens with one attached hydrogen (secondary N) is 1. The maximum absolute atomic E-state index is 9.58. The van der Waals surface area contributed by atoms with Crippen LogP contribution in [-0.2, 0) is 6.54 Å². The van der Waals surface area contributed by atoms with E-state index in [4.69, 9.17) is 0 Å². The molecule has 1 aromatic rings. The largest absolute Gasteiger partial charge is 0.389 e. The van der Waals surface area contributed by atoms with Crippen LogP contribution in [0.1, 0.15) is 18.9 Å². The molecule has 0 amide bonds. The molecule has 1 aliphatic heterocycles. The minimum Gasteiger partial charge on any atom is -0.389 e. The van der Waals surface area contributed by atoms with E-state index in [0.717, 1.165) is 29.7 Å². The number of anilines is 1. The lowest BCUT2D eigenvalue weighted by molar-refractivity contribution is 0.0572. The molecule has 19 heavy (non-hydrogen) atoms. The summed E-state index contributed by atoms with van der Waals surface area (Å²) in [4.78, 5) is 2.00. The van der Waals surface area contributed by atoms with E-state index < -0.39 is 12.2 Å². The number of nitrogens with zero attached hydrogens (tertiary/aromatic N) is 1. The summed E-state index contributed by atoms with van der Waals surface area (Å²) < 4.78 is 1.06. The van der Waals surface area contributed by atoms with Gasteiger partial charge >= 0.3 is 0 Å². The smallest absolute Gasteiger partial charge is 0.0990 e. The zero-order chi connectivity index (χ0) is 13.8. The molecular formula is C14H21BrN2O2. The van der Waals surface area contributed by atoms with Gasteiger partial charge in [0.1, 0.15) is 0 Å². The summed E-state index contributed by atoms with van der Waals surface area (Å²) in [5.74, 6) is 0. The maximum Gasteiger partial charge on any atom is 0.0990 e. The first kappa shape index (κ1) is 14.8. The van der Waals surface area contributed by atoms with E-state index in [9.17, 15) is 10.2 Å². The molecule has 0 spiro atoms. The number of β-amino-alcohol motifs (C(OH)–C–C–N with tert-alkyl or cyclic N) is 2. The van der Waals surface area contributed by atoms with Crippen molar-refractivity contribution >= 4 is 21.6 Å². The summed E-state index contributed by atoms with van der Waals surface area (Å²) in [6.45, 7) is 4.98. The molecule has 0 radical (unpaired) electrons. The van der Waals surface area contributed by atoms with Crippen molar-refractivity contribution in [1.82, 2.24) is 5.32 Å². The van der Waals surface area contributed by atoms with Crippen LogP contribution in [0, 0.1) is 0 Å². The summed E-state index contributed by atoms with van der Waals surface area (Å²) >= 11 is 3.58. The minimum atomic E-state index is -0.648. The van der Waals surface area contributed by atoms with Crippen molar-refractivity contribution in [2.75, 3.05) is 24.5 Å². The average molecular weight is 329 g/mol. The van der Waals surface area contributed by atoms with Crippen LogP contribution in [0.5, 0.6) is 0 Å². The van der Waals surface area contributed by atoms with E-state index in [1.165, 1.54) is 5.56 Å². The van der Waals surface area contributed by atoms with Crippen LogP contribution in [0.3, 0.4) is 0 Å². The molecule has 4 nitrogen and oxygen atoms in total. The number of halogens is 1. The molecule has 1 fully saturated rings. The lowest BCUT2D eigenvalue weighted by Crippen LogP contribution is -2.22. The molecule has 0 aromatic heterocycles. The zero-order valence-corrected chi connectivity index (χ0v) is 12.7. The van der Waals surface area contributed by atoms with Gasteiger partial charge in [-0.1, -0.05) is 28.9 Å². The van der Waals surface area contributed by atoms with Gasteiger partial charge in [0.25, 0.3) is 0 Å². The quantitative estimate of drug-likeness (QED) is 0.717. The first-order valence-corrected chi connectivity index (χ1v) is 7.51. The normalized spacial score (nSPS) is 23.1. The van der Waals surface area contributed by atoms with Gasteiger partial charge in [-0.25, -0.2) is 0 Å². The van der Waals surface area contributed by atoms with E-state index >= 15 is 0 Å². The molecule has 1 aliphatic rings. The van der Waals surface area contributed by atoms with Gasteiger partial charge in [0, 0.05) is 29.8 Å². The Morgan fingerprint density at radius 1 is 1.32 bits per heavy atom. The zero-order valence-electron chi connectivity index (χ0n) is 11.1. The molecule has 0 saturated carbocycles. The summed E-state index contributed by atoms with van der Waals surface area (Å²) in [5, 5.41) is 22.5. The van der Waals surface area contributed by atoms with Crippen LogP contribution in [0.15, 0.2) is 22.7 Å². The Balaban J connectivity index is 2.02. The van der Waals surface area contributed by atoms with Crippen molar-refractivity contribution in [2.24, 2.45) is 0 Å².